The third kappa shape index (κ3) is 4.04. The molecule has 0 aliphatic heterocycles. The number of aromatic nitrogens is 2. The van der Waals surface area contributed by atoms with Crippen LogP contribution in [-0.4, -0.2) is 22.4 Å². The quantitative estimate of drug-likeness (QED) is 0.826. The van der Waals surface area contributed by atoms with Gasteiger partial charge in [-0.2, -0.15) is 5.10 Å². The maximum absolute atomic E-state index is 13.3. The third-order valence-corrected chi connectivity index (χ3v) is 2.59. The van der Waals surface area contributed by atoms with E-state index in [0.717, 1.165) is 18.2 Å². The van der Waals surface area contributed by atoms with Crippen LogP contribution in [0.15, 0.2) is 36.7 Å². The fraction of sp³-hybridized carbons (Fsp3) is 0.231. The van der Waals surface area contributed by atoms with Crippen molar-refractivity contribution in [1.29, 1.82) is 0 Å². The number of halogens is 2. The van der Waals surface area contributed by atoms with Crippen LogP contribution < -0.4 is 10.6 Å². The number of rotatable bonds is 5. The number of urea groups is 1. The Morgan fingerprint density at radius 1 is 1.35 bits per heavy atom. The second kappa shape index (κ2) is 6.65. The fourth-order valence-corrected chi connectivity index (χ4v) is 1.64. The van der Waals surface area contributed by atoms with Gasteiger partial charge in [-0.05, 0) is 24.6 Å². The van der Waals surface area contributed by atoms with Crippen LogP contribution in [0.5, 0.6) is 0 Å². The zero-order chi connectivity index (χ0) is 14.4. The summed E-state index contributed by atoms with van der Waals surface area (Å²) < 4.78 is 27.9. The molecule has 7 heteroatoms. The van der Waals surface area contributed by atoms with Gasteiger partial charge in [0, 0.05) is 31.5 Å². The molecule has 5 nitrogen and oxygen atoms in total. The molecule has 20 heavy (non-hydrogen) atoms. The average Bonchev–Trinajstić information content (AvgIpc) is 2.92. The van der Waals surface area contributed by atoms with Crippen molar-refractivity contribution in [3.05, 3.63) is 48.3 Å². The minimum absolute atomic E-state index is 0.186. The van der Waals surface area contributed by atoms with Gasteiger partial charge in [0.05, 0.1) is 5.69 Å². The van der Waals surface area contributed by atoms with Gasteiger partial charge in [0.1, 0.15) is 11.6 Å². The summed E-state index contributed by atoms with van der Waals surface area (Å²) in [7, 11) is 0. The number of benzene rings is 1. The molecule has 0 spiro atoms. The Labute approximate surface area is 114 Å². The number of nitrogens with zero attached hydrogens (tertiary/aromatic N) is 2. The first-order valence-electron chi connectivity index (χ1n) is 6.12. The third-order valence-electron chi connectivity index (χ3n) is 2.59. The second-order valence-corrected chi connectivity index (χ2v) is 4.13. The van der Waals surface area contributed by atoms with E-state index >= 15 is 0 Å². The van der Waals surface area contributed by atoms with Gasteiger partial charge in [-0.3, -0.25) is 4.68 Å². The van der Waals surface area contributed by atoms with Crippen molar-refractivity contribution >= 4 is 11.7 Å². The molecular weight excluding hydrogens is 266 g/mol. The molecule has 2 aromatic rings. The summed E-state index contributed by atoms with van der Waals surface area (Å²) in [6.45, 7) is 1.07. The van der Waals surface area contributed by atoms with E-state index in [4.69, 9.17) is 0 Å². The SMILES string of the molecule is O=C(NCCCn1cccn1)Nc1cc(F)ccc1F. The number of hydrogen-bond donors (Lipinski definition) is 2. The van der Waals surface area contributed by atoms with Crippen molar-refractivity contribution in [1.82, 2.24) is 15.1 Å². The van der Waals surface area contributed by atoms with E-state index in [1.54, 1.807) is 10.9 Å². The molecule has 0 fully saturated rings. The van der Waals surface area contributed by atoms with E-state index in [2.05, 4.69) is 15.7 Å². The molecule has 1 aromatic carbocycles. The molecule has 1 heterocycles. The lowest BCUT2D eigenvalue weighted by atomic mass is 10.3. The van der Waals surface area contributed by atoms with Gasteiger partial charge in [0.15, 0.2) is 0 Å². The fourth-order valence-electron chi connectivity index (χ4n) is 1.64. The van der Waals surface area contributed by atoms with E-state index in [-0.39, 0.29) is 5.69 Å². The van der Waals surface area contributed by atoms with Crippen LogP contribution in [0.2, 0.25) is 0 Å². The number of amides is 2. The van der Waals surface area contributed by atoms with E-state index in [1.807, 2.05) is 12.3 Å². The van der Waals surface area contributed by atoms with Crippen LogP contribution in [-0.2, 0) is 6.54 Å². The molecular formula is C13H14F2N4O. The highest BCUT2D eigenvalue weighted by Crippen LogP contribution is 2.14. The van der Waals surface area contributed by atoms with Crippen LogP contribution in [0.4, 0.5) is 19.3 Å². The molecule has 2 amide bonds. The predicted molar refractivity (Wildman–Crippen MR) is 70.2 cm³/mol. The first-order chi connectivity index (χ1) is 9.65. The number of carbonyl (C=O) groups excluding carboxylic acids is 1. The van der Waals surface area contributed by atoms with E-state index in [0.29, 0.717) is 19.5 Å². The highest BCUT2D eigenvalue weighted by atomic mass is 19.1. The van der Waals surface area contributed by atoms with Gasteiger partial charge in [-0.15, -0.1) is 0 Å². The van der Waals surface area contributed by atoms with Crippen LogP contribution in [0.1, 0.15) is 6.42 Å². The Balaban J connectivity index is 1.73. The molecule has 0 saturated carbocycles. The average molecular weight is 280 g/mol. The first-order valence-corrected chi connectivity index (χ1v) is 6.12. The molecule has 0 unspecified atom stereocenters. The minimum Gasteiger partial charge on any atom is -0.338 e. The highest BCUT2D eigenvalue weighted by Gasteiger charge is 2.07. The zero-order valence-corrected chi connectivity index (χ0v) is 10.6. The Kier molecular flexibility index (Phi) is 4.65. The van der Waals surface area contributed by atoms with E-state index in [9.17, 15) is 13.6 Å². The zero-order valence-electron chi connectivity index (χ0n) is 10.6. The lowest BCUT2D eigenvalue weighted by molar-refractivity contribution is 0.251. The van der Waals surface area contributed by atoms with Gasteiger partial charge in [-0.1, -0.05) is 0 Å². The Morgan fingerprint density at radius 2 is 2.20 bits per heavy atom. The number of hydrogen-bond acceptors (Lipinski definition) is 2. The molecule has 106 valence electrons. The minimum atomic E-state index is -0.682. The Morgan fingerprint density at radius 3 is 2.95 bits per heavy atom. The molecule has 0 saturated heterocycles. The Hall–Kier alpha value is -2.44. The number of carbonyl (C=O) groups is 1. The molecule has 2 rings (SSSR count). The van der Waals surface area contributed by atoms with Gasteiger partial charge < -0.3 is 10.6 Å². The normalized spacial score (nSPS) is 10.3. The van der Waals surface area contributed by atoms with Gasteiger partial charge in [0.2, 0.25) is 0 Å². The van der Waals surface area contributed by atoms with E-state index in [1.165, 1.54) is 0 Å². The van der Waals surface area contributed by atoms with Crippen molar-refractivity contribution in [3.8, 4) is 0 Å². The van der Waals surface area contributed by atoms with Crippen molar-refractivity contribution in [2.45, 2.75) is 13.0 Å². The van der Waals surface area contributed by atoms with Crippen molar-refractivity contribution in [3.63, 3.8) is 0 Å². The molecule has 0 atom stereocenters. The Bertz CT molecular complexity index is 572. The van der Waals surface area contributed by atoms with Crippen molar-refractivity contribution in [2.24, 2.45) is 0 Å². The van der Waals surface area contributed by atoms with Gasteiger partial charge >= 0.3 is 6.03 Å². The first kappa shape index (κ1) is 14.0. The standard InChI is InChI=1S/C13H14F2N4O/c14-10-3-4-11(15)12(9-10)18-13(20)16-5-1-7-19-8-2-6-17-19/h2-4,6,8-9H,1,5,7H2,(H2,16,18,20). The summed E-state index contributed by atoms with van der Waals surface area (Å²) in [6.07, 6.45) is 4.18. The van der Waals surface area contributed by atoms with Crippen LogP contribution in [0, 0.1) is 11.6 Å². The lowest BCUT2D eigenvalue weighted by Crippen LogP contribution is -2.30. The van der Waals surface area contributed by atoms with E-state index < -0.39 is 17.7 Å². The van der Waals surface area contributed by atoms with Gasteiger partial charge in [-0.25, -0.2) is 13.6 Å². The smallest absolute Gasteiger partial charge is 0.319 e. The van der Waals surface area contributed by atoms with Gasteiger partial charge in [0.25, 0.3) is 0 Å². The molecule has 1 aromatic heterocycles. The summed E-state index contributed by atoms with van der Waals surface area (Å²) in [4.78, 5) is 11.5. The summed E-state index contributed by atoms with van der Waals surface area (Å²) in [5, 5.41) is 8.84. The summed E-state index contributed by atoms with van der Waals surface area (Å²) >= 11 is 0. The number of nitrogens with one attached hydrogen (secondary N) is 2. The predicted octanol–water partition coefficient (Wildman–Crippen LogP) is 2.37. The second-order valence-electron chi connectivity index (χ2n) is 4.13. The summed E-state index contributed by atoms with van der Waals surface area (Å²) in [5.74, 6) is -1.29. The van der Waals surface area contributed by atoms with Crippen molar-refractivity contribution in [2.75, 3.05) is 11.9 Å². The number of aryl methyl sites for hydroxylation is 1. The molecule has 0 bridgehead atoms. The maximum Gasteiger partial charge on any atom is 0.319 e. The monoisotopic (exact) mass is 280 g/mol. The maximum atomic E-state index is 13.3. The molecule has 2 N–H and O–H groups in total. The van der Waals surface area contributed by atoms with Crippen LogP contribution in [0.25, 0.3) is 0 Å². The largest absolute Gasteiger partial charge is 0.338 e. The van der Waals surface area contributed by atoms with Crippen LogP contribution in [0.3, 0.4) is 0 Å². The van der Waals surface area contributed by atoms with Crippen molar-refractivity contribution < 1.29 is 13.6 Å². The highest BCUT2D eigenvalue weighted by molar-refractivity contribution is 5.89. The summed E-state index contributed by atoms with van der Waals surface area (Å²) in [5.41, 5.74) is -0.186. The lowest BCUT2D eigenvalue weighted by Gasteiger charge is -2.08. The molecule has 0 aliphatic carbocycles. The summed E-state index contributed by atoms with van der Waals surface area (Å²) in [6, 6.07) is 4.12. The topological polar surface area (TPSA) is 59.0 Å². The van der Waals surface area contributed by atoms with Crippen LogP contribution >= 0.6 is 0 Å². The molecule has 0 radical (unpaired) electrons. The molecule has 0 aliphatic rings. The number of anilines is 1.